The minimum Gasteiger partial charge on any atom is -0.480 e. The van der Waals surface area contributed by atoms with Crippen LogP contribution < -0.4 is 11.2 Å². The maximum Gasteiger partial charge on any atom is 0.332 e. The van der Waals surface area contributed by atoms with Gasteiger partial charge in [-0.3, -0.25) is 13.9 Å². The largest absolute Gasteiger partial charge is 0.480 e. The number of carboxylic acid groups (broad SMARTS) is 1. The number of imidazole rings is 1. The average molecular weight is 280 g/mol. The first kappa shape index (κ1) is 14.0. The SMILES string of the molecule is CCn1c(=O)c2c(ncn2C(C)C(=O)O)n(CC)c1=O. The Bertz CT molecular complexity index is 783. The predicted octanol–water partition coefficient (Wildman–Crippen LogP) is 0.0451. The predicted molar refractivity (Wildman–Crippen MR) is 71.9 cm³/mol. The van der Waals surface area contributed by atoms with E-state index in [0.29, 0.717) is 6.54 Å². The number of aromatic nitrogens is 4. The minimum absolute atomic E-state index is 0.142. The second-order valence-electron chi connectivity index (χ2n) is 4.41. The van der Waals surface area contributed by atoms with Crippen molar-refractivity contribution in [2.24, 2.45) is 0 Å². The molecule has 2 heterocycles. The maximum atomic E-state index is 12.4. The zero-order valence-electron chi connectivity index (χ0n) is 11.5. The number of aryl methyl sites for hydroxylation is 1. The van der Waals surface area contributed by atoms with Crippen LogP contribution in [0.2, 0.25) is 0 Å². The summed E-state index contributed by atoms with van der Waals surface area (Å²) in [5, 5.41) is 9.09. The van der Waals surface area contributed by atoms with Gasteiger partial charge in [-0.1, -0.05) is 0 Å². The minimum atomic E-state index is -1.07. The fourth-order valence-electron chi connectivity index (χ4n) is 2.18. The van der Waals surface area contributed by atoms with Gasteiger partial charge in [-0.25, -0.2) is 14.6 Å². The summed E-state index contributed by atoms with van der Waals surface area (Å²) in [6, 6.07) is -0.930. The van der Waals surface area contributed by atoms with Crippen molar-refractivity contribution in [3.05, 3.63) is 27.2 Å². The highest BCUT2D eigenvalue weighted by molar-refractivity contribution is 5.76. The molecule has 108 valence electrons. The van der Waals surface area contributed by atoms with Crippen molar-refractivity contribution in [2.45, 2.75) is 39.9 Å². The van der Waals surface area contributed by atoms with E-state index in [9.17, 15) is 14.4 Å². The highest BCUT2D eigenvalue weighted by Gasteiger charge is 2.22. The first-order valence-corrected chi connectivity index (χ1v) is 6.36. The van der Waals surface area contributed by atoms with Crippen molar-refractivity contribution in [2.75, 3.05) is 0 Å². The van der Waals surface area contributed by atoms with Gasteiger partial charge in [-0.05, 0) is 20.8 Å². The number of rotatable bonds is 4. The van der Waals surface area contributed by atoms with Gasteiger partial charge in [0.05, 0.1) is 6.33 Å². The van der Waals surface area contributed by atoms with Gasteiger partial charge < -0.3 is 9.67 Å². The van der Waals surface area contributed by atoms with E-state index in [-0.39, 0.29) is 17.7 Å². The van der Waals surface area contributed by atoms with E-state index < -0.39 is 23.3 Å². The van der Waals surface area contributed by atoms with E-state index in [2.05, 4.69) is 4.98 Å². The van der Waals surface area contributed by atoms with Crippen LogP contribution in [0.25, 0.3) is 11.2 Å². The van der Waals surface area contributed by atoms with Crippen molar-refractivity contribution in [1.29, 1.82) is 0 Å². The molecule has 0 aliphatic heterocycles. The molecule has 0 aromatic carbocycles. The summed E-state index contributed by atoms with van der Waals surface area (Å²) in [7, 11) is 0. The molecule has 2 aromatic rings. The van der Waals surface area contributed by atoms with Gasteiger partial charge in [-0.15, -0.1) is 0 Å². The van der Waals surface area contributed by atoms with Crippen LogP contribution >= 0.6 is 0 Å². The molecular formula is C12H16N4O4. The van der Waals surface area contributed by atoms with Gasteiger partial charge in [0, 0.05) is 13.1 Å². The Balaban J connectivity index is 2.95. The number of fused-ring (bicyclic) bond motifs is 1. The molecular weight excluding hydrogens is 264 g/mol. The molecule has 0 amide bonds. The summed E-state index contributed by atoms with van der Waals surface area (Å²) < 4.78 is 3.74. The molecule has 1 N–H and O–H groups in total. The van der Waals surface area contributed by atoms with Gasteiger partial charge in [0.1, 0.15) is 6.04 Å². The van der Waals surface area contributed by atoms with E-state index in [4.69, 9.17) is 5.11 Å². The van der Waals surface area contributed by atoms with Gasteiger partial charge in [0.2, 0.25) is 0 Å². The van der Waals surface area contributed by atoms with E-state index in [0.717, 1.165) is 4.57 Å². The molecule has 0 bridgehead atoms. The van der Waals surface area contributed by atoms with Gasteiger partial charge in [-0.2, -0.15) is 0 Å². The van der Waals surface area contributed by atoms with Crippen LogP contribution in [0.4, 0.5) is 0 Å². The molecule has 2 rings (SSSR count). The van der Waals surface area contributed by atoms with Crippen molar-refractivity contribution >= 4 is 17.1 Å². The Labute approximate surface area is 113 Å². The van der Waals surface area contributed by atoms with E-state index in [1.54, 1.807) is 13.8 Å². The highest BCUT2D eigenvalue weighted by atomic mass is 16.4. The van der Waals surface area contributed by atoms with E-state index >= 15 is 0 Å². The Hall–Kier alpha value is -2.38. The third-order valence-electron chi connectivity index (χ3n) is 3.35. The van der Waals surface area contributed by atoms with Crippen LogP contribution in [-0.2, 0) is 17.9 Å². The van der Waals surface area contributed by atoms with Crippen molar-refractivity contribution in [3.8, 4) is 0 Å². The normalized spacial score (nSPS) is 12.8. The molecule has 8 nitrogen and oxygen atoms in total. The fraction of sp³-hybridized carbons (Fsp3) is 0.500. The van der Waals surface area contributed by atoms with Crippen molar-refractivity contribution in [1.82, 2.24) is 18.7 Å². The van der Waals surface area contributed by atoms with Gasteiger partial charge in [0.15, 0.2) is 11.2 Å². The summed E-state index contributed by atoms with van der Waals surface area (Å²) in [6.07, 6.45) is 1.29. The Morgan fingerprint density at radius 3 is 2.40 bits per heavy atom. The Morgan fingerprint density at radius 1 is 1.30 bits per heavy atom. The Morgan fingerprint density at radius 2 is 1.90 bits per heavy atom. The summed E-state index contributed by atoms with van der Waals surface area (Å²) in [5.74, 6) is -1.07. The van der Waals surface area contributed by atoms with Crippen LogP contribution in [0.1, 0.15) is 26.8 Å². The molecule has 0 saturated carbocycles. The van der Waals surface area contributed by atoms with Crippen LogP contribution in [0, 0.1) is 0 Å². The van der Waals surface area contributed by atoms with Crippen LogP contribution in [0.5, 0.6) is 0 Å². The lowest BCUT2D eigenvalue weighted by Crippen LogP contribution is -2.40. The molecule has 1 unspecified atom stereocenters. The van der Waals surface area contributed by atoms with Crippen LogP contribution in [0.3, 0.4) is 0 Å². The molecule has 8 heteroatoms. The second-order valence-corrected chi connectivity index (χ2v) is 4.41. The lowest BCUT2D eigenvalue weighted by molar-refractivity contribution is -0.140. The zero-order valence-corrected chi connectivity index (χ0v) is 11.5. The number of hydrogen-bond acceptors (Lipinski definition) is 4. The quantitative estimate of drug-likeness (QED) is 0.852. The summed E-state index contributed by atoms with van der Waals surface area (Å²) in [5.41, 5.74) is -0.577. The third kappa shape index (κ3) is 1.84. The zero-order chi connectivity index (χ0) is 15.0. The van der Waals surface area contributed by atoms with Crippen LogP contribution in [0.15, 0.2) is 15.9 Å². The number of aliphatic carboxylic acids is 1. The topological polar surface area (TPSA) is 99.1 Å². The number of hydrogen-bond donors (Lipinski definition) is 1. The summed E-state index contributed by atoms with van der Waals surface area (Å²) in [4.78, 5) is 39.6. The van der Waals surface area contributed by atoms with Crippen LogP contribution in [-0.4, -0.2) is 29.8 Å². The number of carboxylic acids is 1. The molecule has 0 saturated heterocycles. The lowest BCUT2D eigenvalue weighted by atomic mass is 10.3. The highest BCUT2D eigenvalue weighted by Crippen LogP contribution is 2.13. The molecule has 0 spiro atoms. The number of carbonyl (C=O) groups is 1. The molecule has 1 atom stereocenters. The molecule has 20 heavy (non-hydrogen) atoms. The van der Waals surface area contributed by atoms with Gasteiger partial charge >= 0.3 is 11.7 Å². The fourth-order valence-corrected chi connectivity index (χ4v) is 2.18. The average Bonchev–Trinajstić information content (AvgIpc) is 2.83. The first-order valence-electron chi connectivity index (χ1n) is 6.36. The van der Waals surface area contributed by atoms with E-state index in [1.165, 1.54) is 22.4 Å². The first-order chi connectivity index (χ1) is 9.43. The lowest BCUT2D eigenvalue weighted by Gasteiger charge is -2.11. The third-order valence-corrected chi connectivity index (χ3v) is 3.35. The maximum absolute atomic E-state index is 12.4. The molecule has 0 aliphatic rings. The number of nitrogens with zero attached hydrogens (tertiary/aromatic N) is 4. The molecule has 0 radical (unpaired) electrons. The molecule has 0 fully saturated rings. The monoisotopic (exact) mass is 280 g/mol. The smallest absolute Gasteiger partial charge is 0.332 e. The summed E-state index contributed by atoms with van der Waals surface area (Å²) >= 11 is 0. The van der Waals surface area contributed by atoms with Gasteiger partial charge in [0.25, 0.3) is 5.56 Å². The van der Waals surface area contributed by atoms with Crippen molar-refractivity contribution < 1.29 is 9.90 Å². The Kier molecular flexibility index (Phi) is 3.47. The standard InChI is InChI=1S/C12H16N4O4/c1-4-14-9-8(10(17)15(5-2)12(14)20)16(6-13-9)7(3)11(18)19/h6-7H,4-5H2,1-3H3,(H,18,19). The van der Waals surface area contributed by atoms with Crippen molar-refractivity contribution in [3.63, 3.8) is 0 Å². The second kappa shape index (κ2) is 4.95. The molecule has 2 aromatic heterocycles. The van der Waals surface area contributed by atoms with E-state index in [1.807, 2.05) is 0 Å². The molecule has 0 aliphatic carbocycles. The summed E-state index contributed by atoms with van der Waals surface area (Å²) in [6.45, 7) is 5.50.